The predicted molar refractivity (Wildman–Crippen MR) is 138 cm³/mol. The zero-order chi connectivity index (χ0) is 24.4. The van der Waals surface area contributed by atoms with Gasteiger partial charge >= 0.3 is 11.8 Å². The summed E-state index contributed by atoms with van der Waals surface area (Å²) in [7, 11) is 0. The van der Waals surface area contributed by atoms with Crippen molar-refractivity contribution in [3.63, 3.8) is 0 Å². The van der Waals surface area contributed by atoms with Gasteiger partial charge in [-0.25, -0.2) is 4.68 Å². The lowest BCUT2D eigenvalue weighted by Gasteiger charge is -2.13. The maximum absolute atomic E-state index is 13.2. The Hall–Kier alpha value is -3.91. The summed E-state index contributed by atoms with van der Waals surface area (Å²) >= 11 is 3.43. The average molecular weight is 519 g/mol. The Labute approximate surface area is 205 Å². The molecule has 0 bridgehead atoms. The fraction of sp³-hybridized carbons (Fsp3) is 0.115. The van der Waals surface area contributed by atoms with Crippen molar-refractivity contribution in [2.24, 2.45) is 0 Å². The van der Waals surface area contributed by atoms with E-state index < -0.39 is 17.7 Å². The molecule has 0 radical (unpaired) electrons. The van der Waals surface area contributed by atoms with E-state index in [1.807, 2.05) is 51.1 Å². The number of fused-ring (bicyclic) bond motifs is 1. The molecule has 1 heterocycles. The number of hydrogen-bond donors (Lipinski definition) is 3. The van der Waals surface area contributed by atoms with Crippen molar-refractivity contribution in [2.45, 2.75) is 20.8 Å². The lowest BCUT2D eigenvalue weighted by molar-refractivity contribution is -0.133. The first-order valence-corrected chi connectivity index (χ1v) is 11.4. The van der Waals surface area contributed by atoms with Gasteiger partial charge in [-0.05, 0) is 86.0 Å². The number of nitrogens with zero attached hydrogens (tertiary/aromatic N) is 1. The van der Waals surface area contributed by atoms with Crippen molar-refractivity contribution in [2.75, 3.05) is 16.1 Å². The van der Waals surface area contributed by atoms with Crippen LogP contribution in [0.4, 0.5) is 11.4 Å². The van der Waals surface area contributed by atoms with Crippen LogP contribution in [0.3, 0.4) is 0 Å². The number of nitrogens with one attached hydrogen (secondary N) is 3. The summed E-state index contributed by atoms with van der Waals surface area (Å²) in [6.45, 7) is 5.85. The highest BCUT2D eigenvalue weighted by Gasteiger charge is 2.21. The number of halogens is 1. The number of aryl methyl sites for hydroxylation is 3. The minimum absolute atomic E-state index is 0.183. The second-order valence-corrected chi connectivity index (χ2v) is 9.00. The number of anilines is 2. The van der Waals surface area contributed by atoms with Crippen LogP contribution in [-0.2, 0) is 9.59 Å². The molecule has 172 valence electrons. The van der Waals surface area contributed by atoms with Crippen LogP contribution in [0.15, 0.2) is 71.2 Å². The Bertz CT molecular complexity index is 1440. The zero-order valence-corrected chi connectivity index (χ0v) is 20.5. The van der Waals surface area contributed by atoms with Gasteiger partial charge in [0.25, 0.3) is 5.91 Å². The van der Waals surface area contributed by atoms with Crippen molar-refractivity contribution in [1.29, 1.82) is 0 Å². The summed E-state index contributed by atoms with van der Waals surface area (Å²) in [5.41, 5.74) is 7.57. The normalized spacial score (nSPS) is 10.7. The predicted octanol–water partition coefficient (Wildman–Crippen LogP) is 5.29. The summed E-state index contributed by atoms with van der Waals surface area (Å²) in [4.78, 5) is 38.4. The van der Waals surface area contributed by atoms with Gasteiger partial charge in [-0.15, -0.1) is 0 Å². The van der Waals surface area contributed by atoms with Crippen LogP contribution in [-0.4, -0.2) is 22.4 Å². The Morgan fingerprint density at radius 1 is 0.765 bits per heavy atom. The second-order valence-electron chi connectivity index (χ2n) is 8.09. The second kappa shape index (κ2) is 9.52. The van der Waals surface area contributed by atoms with Gasteiger partial charge in [0.15, 0.2) is 0 Å². The molecular formula is C26H23BrN4O3. The van der Waals surface area contributed by atoms with E-state index in [2.05, 4.69) is 32.0 Å². The lowest BCUT2D eigenvalue weighted by Crippen LogP contribution is -2.36. The molecule has 0 atom stereocenters. The molecule has 0 aliphatic heterocycles. The van der Waals surface area contributed by atoms with Crippen LogP contribution in [0.25, 0.3) is 10.9 Å². The lowest BCUT2D eigenvalue weighted by atomic mass is 10.1. The first-order chi connectivity index (χ1) is 16.2. The molecule has 0 unspecified atom stereocenters. The fourth-order valence-electron chi connectivity index (χ4n) is 3.55. The molecule has 34 heavy (non-hydrogen) atoms. The van der Waals surface area contributed by atoms with E-state index in [4.69, 9.17) is 0 Å². The number of carbonyl (C=O) groups is 3. The molecule has 7 nitrogen and oxygen atoms in total. The van der Waals surface area contributed by atoms with Crippen LogP contribution in [0.1, 0.15) is 27.2 Å². The smallest absolute Gasteiger partial charge is 0.321 e. The van der Waals surface area contributed by atoms with Crippen molar-refractivity contribution in [1.82, 2.24) is 4.68 Å². The van der Waals surface area contributed by atoms with Crippen molar-refractivity contribution < 1.29 is 14.4 Å². The third-order valence-electron chi connectivity index (χ3n) is 5.46. The molecular weight excluding hydrogens is 496 g/mol. The number of hydrogen-bond acceptors (Lipinski definition) is 3. The van der Waals surface area contributed by atoms with Gasteiger partial charge < -0.3 is 10.6 Å². The SMILES string of the molecule is Cc1cccc(NC(=O)C(=O)Nn2c(C(=O)Nc3ccc(C)c(C)c3)cc3cc(Br)ccc32)c1. The third kappa shape index (κ3) is 5.02. The zero-order valence-electron chi connectivity index (χ0n) is 18.9. The van der Waals surface area contributed by atoms with Gasteiger partial charge in [-0.3, -0.25) is 19.8 Å². The monoisotopic (exact) mass is 518 g/mol. The largest absolute Gasteiger partial charge is 0.328 e. The molecule has 4 rings (SSSR count). The van der Waals surface area contributed by atoms with E-state index in [-0.39, 0.29) is 5.69 Å². The van der Waals surface area contributed by atoms with Gasteiger partial charge in [-0.1, -0.05) is 34.1 Å². The summed E-state index contributed by atoms with van der Waals surface area (Å²) in [6.07, 6.45) is 0. The van der Waals surface area contributed by atoms with Crippen molar-refractivity contribution in [3.8, 4) is 0 Å². The molecule has 0 fully saturated rings. The number of amides is 3. The van der Waals surface area contributed by atoms with Gasteiger partial charge in [0, 0.05) is 21.2 Å². The maximum atomic E-state index is 13.2. The van der Waals surface area contributed by atoms with Crippen LogP contribution in [0.5, 0.6) is 0 Å². The van der Waals surface area contributed by atoms with Gasteiger partial charge in [0.1, 0.15) is 5.69 Å². The highest BCUT2D eigenvalue weighted by atomic mass is 79.9. The standard InChI is InChI=1S/C26H23BrN4O3/c1-15-5-4-6-20(11-15)29-25(33)26(34)30-31-22-10-8-19(27)13-18(22)14-23(31)24(32)28-21-9-7-16(2)17(3)12-21/h4-14H,1-3H3,(H,28,32)(H,29,33)(H,30,34). The summed E-state index contributed by atoms with van der Waals surface area (Å²) in [5.74, 6) is -2.16. The van der Waals surface area contributed by atoms with E-state index in [0.29, 0.717) is 16.9 Å². The van der Waals surface area contributed by atoms with E-state index in [9.17, 15) is 14.4 Å². The minimum atomic E-state index is -0.901. The molecule has 0 spiro atoms. The molecule has 4 aromatic rings. The van der Waals surface area contributed by atoms with Gasteiger partial charge in [0.2, 0.25) is 0 Å². The number of rotatable bonds is 4. The number of carbonyl (C=O) groups excluding carboxylic acids is 3. The molecule has 8 heteroatoms. The van der Waals surface area contributed by atoms with Crippen LogP contribution >= 0.6 is 15.9 Å². The number of benzene rings is 3. The van der Waals surface area contributed by atoms with Gasteiger partial charge in [-0.2, -0.15) is 0 Å². The summed E-state index contributed by atoms with van der Waals surface area (Å²) < 4.78 is 2.15. The van der Waals surface area contributed by atoms with Gasteiger partial charge in [0.05, 0.1) is 5.52 Å². The van der Waals surface area contributed by atoms with E-state index in [1.54, 1.807) is 36.4 Å². The molecule has 0 saturated heterocycles. The van der Waals surface area contributed by atoms with Crippen molar-refractivity contribution in [3.05, 3.63) is 93.6 Å². The highest BCUT2D eigenvalue weighted by molar-refractivity contribution is 9.10. The van der Waals surface area contributed by atoms with E-state index in [1.165, 1.54) is 4.68 Å². The molecule has 0 aliphatic carbocycles. The fourth-order valence-corrected chi connectivity index (χ4v) is 3.93. The molecule has 3 N–H and O–H groups in total. The molecule has 0 aliphatic rings. The first-order valence-electron chi connectivity index (χ1n) is 10.6. The summed E-state index contributed by atoms with van der Waals surface area (Å²) in [6, 6.07) is 19.8. The minimum Gasteiger partial charge on any atom is -0.321 e. The van der Waals surface area contributed by atoms with Crippen molar-refractivity contribution >= 4 is 55.9 Å². The maximum Gasteiger partial charge on any atom is 0.328 e. The van der Waals surface area contributed by atoms with Crippen LogP contribution < -0.4 is 16.1 Å². The summed E-state index contributed by atoms with van der Waals surface area (Å²) in [5, 5.41) is 6.17. The molecule has 3 amide bonds. The average Bonchev–Trinajstić information content (AvgIpc) is 3.13. The Kier molecular flexibility index (Phi) is 6.51. The topological polar surface area (TPSA) is 92.2 Å². The quantitative estimate of drug-likeness (QED) is 0.320. The highest BCUT2D eigenvalue weighted by Crippen LogP contribution is 2.24. The molecule has 3 aromatic carbocycles. The van der Waals surface area contributed by atoms with E-state index in [0.717, 1.165) is 26.5 Å². The Morgan fingerprint density at radius 2 is 1.53 bits per heavy atom. The Morgan fingerprint density at radius 3 is 2.26 bits per heavy atom. The Balaban J connectivity index is 1.63. The molecule has 0 saturated carbocycles. The van der Waals surface area contributed by atoms with Crippen LogP contribution in [0, 0.1) is 20.8 Å². The number of aromatic nitrogens is 1. The van der Waals surface area contributed by atoms with Crippen LogP contribution in [0.2, 0.25) is 0 Å². The third-order valence-corrected chi connectivity index (χ3v) is 5.95. The first kappa shape index (κ1) is 23.3. The molecule has 1 aromatic heterocycles. The van der Waals surface area contributed by atoms with E-state index >= 15 is 0 Å².